The van der Waals surface area contributed by atoms with E-state index in [9.17, 15) is 13.2 Å². The lowest BCUT2D eigenvalue weighted by atomic mass is 10.1. The highest BCUT2D eigenvalue weighted by Crippen LogP contribution is 2.34. The van der Waals surface area contributed by atoms with Crippen LogP contribution in [0.5, 0.6) is 5.75 Å². The molecule has 8 heteroatoms. The Kier molecular flexibility index (Phi) is 8.34. The number of hydrogen-bond acceptors (Lipinski definition) is 4. The number of carbonyl (C=O) groups is 1. The highest BCUT2D eigenvalue weighted by Gasteiger charge is 2.33. The Morgan fingerprint density at radius 1 is 1.21 bits per heavy atom. The molecule has 0 saturated carbocycles. The Morgan fingerprint density at radius 2 is 1.90 bits per heavy atom. The van der Waals surface area contributed by atoms with Gasteiger partial charge < -0.3 is 10.1 Å². The van der Waals surface area contributed by atoms with Gasteiger partial charge in [0.15, 0.2) is 0 Å². The largest absolute Gasteiger partial charge is 0.495 e. The number of hydrogen-bond donors (Lipinski definition) is 1. The fourth-order valence-electron chi connectivity index (χ4n) is 3.14. The fourth-order valence-corrected chi connectivity index (χ4v) is 4.51. The first-order chi connectivity index (χ1) is 13.8. The van der Waals surface area contributed by atoms with Crippen molar-refractivity contribution in [2.45, 2.75) is 32.2 Å². The third kappa shape index (κ3) is 6.37. The average Bonchev–Trinajstić information content (AvgIpc) is 2.69. The van der Waals surface area contributed by atoms with Crippen molar-refractivity contribution in [3.8, 4) is 5.75 Å². The molecule has 0 heterocycles. The topological polar surface area (TPSA) is 75.7 Å². The summed E-state index contributed by atoms with van der Waals surface area (Å²) < 4.78 is 31.5. The highest BCUT2D eigenvalue weighted by atomic mass is 35.5. The molecule has 0 radical (unpaired) electrons. The van der Waals surface area contributed by atoms with Gasteiger partial charge in [-0.1, -0.05) is 48.9 Å². The van der Waals surface area contributed by atoms with Crippen LogP contribution in [0.4, 0.5) is 5.69 Å². The zero-order valence-electron chi connectivity index (χ0n) is 16.9. The molecule has 1 amide bonds. The number of halogens is 1. The van der Waals surface area contributed by atoms with E-state index in [1.807, 2.05) is 30.3 Å². The number of ether oxygens (including phenoxy) is 1. The maximum absolute atomic E-state index is 12.8. The molecule has 2 aromatic carbocycles. The van der Waals surface area contributed by atoms with Gasteiger partial charge in [-0.15, -0.1) is 0 Å². The van der Waals surface area contributed by atoms with Crippen LogP contribution < -0.4 is 14.4 Å². The number of anilines is 1. The zero-order chi connectivity index (χ0) is 21.4. The third-order valence-corrected chi connectivity index (χ3v) is 5.89. The SMILES string of the molecule is CC[C@@H](C(=O)NCCCc1ccccc1)N(c1cc(Cl)ccc1OC)S(C)(=O)=O. The summed E-state index contributed by atoms with van der Waals surface area (Å²) in [7, 11) is -2.32. The number of carbonyl (C=O) groups excluding carboxylic acids is 1. The average molecular weight is 439 g/mol. The van der Waals surface area contributed by atoms with Crippen LogP contribution in [-0.2, 0) is 21.2 Å². The fraction of sp³-hybridized carbons (Fsp3) is 0.381. The number of methoxy groups -OCH3 is 1. The number of aryl methyl sites for hydroxylation is 1. The first kappa shape index (κ1) is 23.0. The molecule has 2 aromatic rings. The van der Waals surface area contributed by atoms with Crippen LogP contribution in [0, 0.1) is 0 Å². The van der Waals surface area contributed by atoms with Crippen LogP contribution in [0.3, 0.4) is 0 Å². The molecule has 158 valence electrons. The first-order valence-corrected chi connectivity index (χ1v) is 11.6. The van der Waals surface area contributed by atoms with Gasteiger partial charge in [-0.2, -0.15) is 0 Å². The molecule has 0 saturated heterocycles. The van der Waals surface area contributed by atoms with E-state index in [-0.39, 0.29) is 11.6 Å². The van der Waals surface area contributed by atoms with E-state index in [4.69, 9.17) is 16.3 Å². The molecular weight excluding hydrogens is 412 g/mol. The summed E-state index contributed by atoms with van der Waals surface area (Å²) in [5.74, 6) is -0.0248. The van der Waals surface area contributed by atoms with Crippen molar-refractivity contribution in [1.29, 1.82) is 0 Å². The normalized spacial score (nSPS) is 12.3. The predicted octanol–water partition coefficient (Wildman–Crippen LogP) is 3.64. The summed E-state index contributed by atoms with van der Waals surface area (Å²) >= 11 is 6.08. The van der Waals surface area contributed by atoms with Crippen molar-refractivity contribution in [3.63, 3.8) is 0 Å². The molecule has 0 aliphatic carbocycles. The van der Waals surface area contributed by atoms with Gasteiger partial charge in [0.05, 0.1) is 19.1 Å². The van der Waals surface area contributed by atoms with Gasteiger partial charge >= 0.3 is 0 Å². The number of benzene rings is 2. The molecule has 0 bridgehead atoms. The van der Waals surface area contributed by atoms with Crippen molar-refractivity contribution in [2.24, 2.45) is 0 Å². The molecule has 0 aliphatic rings. The molecule has 0 unspecified atom stereocenters. The molecule has 0 aliphatic heterocycles. The van der Waals surface area contributed by atoms with Crippen LogP contribution in [-0.4, -0.2) is 40.3 Å². The summed E-state index contributed by atoms with van der Waals surface area (Å²) in [6, 6.07) is 13.8. The molecule has 0 fully saturated rings. The van der Waals surface area contributed by atoms with Crippen LogP contribution in [0.15, 0.2) is 48.5 Å². The van der Waals surface area contributed by atoms with E-state index >= 15 is 0 Å². The minimum absolute atomic E-state index is 0.244. The summed E-state index contributed by atoms with van der Waals surface area (Å²) in [4.78, 5) is 12.8. The van der Waals surface area contributed by atoms with Gasteiger partial charge in [-0.3, -0.25) is 9.10 Å². The molecule has 6 nitrogen and oxygen atoms in total. The van der Waals surface area contributed by atoms with Crippen LogP contribution in [0.1, 0.15) is 25.3 Å². The lowest BCUT2D eigenvalue weighted by Crippen LogP contribution is -2.49. The summed E-state index contributed by atoms with van der Waals surface area (Å²) in [5.41, 5.74) is 1.43. The number of amides is 1. The first-order valence-electron chi connectivity index (χ1n) is 9.42. The van der Waals surface area contributed by atoms with E-state index in [1.54, 1.807) is 19.1 Å². The van der Waals surface area contributed by atoms with Gasteiger partial charge in [0.25, 0.3) is 0 Å². The maximum atomic E-state index is 12.8. The van der Waals surface area contributed by atoms with Crippen molar-refractivity contribution < 1.29 is 17.9 Å². The van der Waals surface area contributed by atoms with Gasteiger partial charge in [-0.05, 0) is 43.0 Å². The minimum atomic E-state index is -3.76. The standard InChI is InChI=1S/C21H27ClN2O4S/c1-4-18(21(25)23-14-8-11-16-9-6-5-7-10-16)24(29(3,26)27)19-15-17(22)12-13-20(19)28-2/h5-7,9-10,12-13,15,18H,4,8,11,14H2,1-3H3,(H,23,25)/t18-/m0/s1. The summed E-state index contributed by atoms with van der Waals surface area (Å²) in [5, 5.41) is 3.21. The van der Waals surface area contributed by atoms with Gasteiger partial charge in [-0.25, -0.2) is 8.42 Å². The molecule has 2 rings (SSSR count). The van der Waals surface area contributed by atoms with Crippen LogP contribution >= 0.6 is 11.6 Å². The Labute approximate surface area is 177 Å². The highest BCUT2D eigenvalue weighted by molar-refractivity contribution is 7.92. The number of rotatable bonds is 10. The quantitative estimate of drug-likeness (QED) is 0.574. The van der Waals surface area contributed by atoms with E-state index in [0.717, 1.165) is 23.4 Å². The van der Waals surface area contributed by atoms with Gasteiger partial charge in [0.1, 0.15) is 11.8 Å². The van der Waals surface area contributed by atoms with Crippen molar-refractivity contribution >= 4 is 33.2 Å². The zero-order valence-corrected chi connectivity index (χ0v) is 18.5. The smallest absolute Gasteiger partial charge is 0.243 e. The lowest BCUT2D eigenvalue weighted by molar-refractivity contribution is -0.122. The summed E-state index contributed by atoms with van der Waals surface area (Å²) in [6.45, 7) is 2.22. The molecule has 1 N–H and O–H groups in total. The monoisotopic (exact) mass is 438 g/mol. The van der Waals surface area contributed by atoms with Gasteiger partial charge in [0.2, 0.25) is 15.9 Å². The van der Waals surface area contributed by atoms with Crippen molar-refractivity contribution in [2.75, 3.05) is 24.2 Å². The van der Waals surface area contributed by atoms with E-state index < -0.39 is 16.1 Å². The number of nitrogens with zero attached hydrogens (tertiary/aromatic N) is 1. The molecule has 0 spiro atoms. The molecule has 0 aromatic heterocycles. The molecule has 29 heavy (non-hydrogen) atoms. The maximum Gasteiger partial charge on any atom is 0.243 e. The molecular formula is C21H27ClN2O4S. The Bertz CT molecular complexity index is 920. The van der Waals surface area contributed by atoms with E-state index in [2.05, 4.69) is 5.32 Å². The second-order valence-electron chi connectivity index (χ2n) is 6.68. The number of sulfonamides is 1. The van der Waals surface area contributed by atoms with Crippen LogP contribution in [0.25, 0.3) is 0 Å². The number of nitrogens with one attached hydrogen (secondary N) is 1. The molecule has 1 atom stereocenters. The predicted molar refractivity (Wildman–Crippen MR) is 117 cm³/mol. The van der Waals surface area contributed by atoms with Gasteiger partial charge in [0, 0.05) is 11.6 Å². The second kappa shape index (κ2) is 10.5. The minimum Gasteiger partial charge on any atom is -0.495 e. The van der Waals surface area contributed by atoms with Crippen molar-refractivity contribution in [3.05, 3.63) is 59.1 Å². The second-order valence-corrected chi connectivity index (χ2v) is 8.98. The Morgan fingerprint density at radius 3 is 2.48 bits per heavy atom. The summed E-state index contributed by atoms with van der Waals surface area (Å²) in [6.07, 6.45) is 2.95. The lowest BCUT2D eigenvalue weighted by Gasteiger charge is -2.31. The van der Waals surface area contributed by atoms with Crippen molar-refractivity contribution in [1.82, 2.24) is 5.32 Å². The Balaban J connectivity index is 2.16. The van der Waals surface area contributed by atoms with Crippen LogP contribution in [0.2, 0.25) is 5.02 Å². The van der Waals surface area contributed by atoms with E-state index in [1.165, 1.54) is 18.7 Å². The Hall–Kier alpha value is -2.25. The third-order valence-electron chi connectivity index (χ3n) is 4.49. The van der Waals surface area contributed by atoms with E-state index in [0.29, 0.717) is 23.7 Å².